The molecule has 0 saturated heterocycles. The van der Waals surface area contributed by atoms with E-state index in [2.05, 4.69) is 10.3 Å². The molecule has 0 bridgehead atoms. The number of thiazole rings is 1. The van der Waals surface area contributed by atoms with Crippen LogP contribution in [0.1, 0.15) is 18.2 Å². The molecule has 1 heterocycles. The number of nitrogens with zero attached hydrogens (tertiary/aromatic N) is 2. The summed E-state index contributed by atoms with van der Waals surface area (Å²) < 4.78 is 0. The molecule has 0 fully saturated rings. The minimum Gasteiger partial charge on any atom is -0.480 e. The third-order valence-corrected chi connectivity index (χ3v) is 3.04. The third-order valence-electron chi connectivity index (χ3n) is 2.22. The van der Waals surface area contributed by atoms with Crippen LogP contribution in [0.5, 0.6) is 0 Å². The van der Waals surface area contributed by atoms with Crippen molar-refractivity contribution in [3.8, 4) is 0 Å². The van der Waals surface area contributed by atoms with Gasteiger partial charge >= 0.3 is 5.97 Å². The van der Waals surface area contributed by atoms with Crippen molar-refractivity contribution >= 4 is 28.3 Å². The molecule has 1 unspecified atom stereocenters. The highest BCUT2D eigenvalue weighted by atomic mass is 32.1. The summed E-state index contributed by atoms with van der Waals surface area (Å²) in [7, 11) is 3.38. The molecule has 18 heavy (non-hydrogen) atoms. The lowest BCUT2D eigenvalue weighted by Gasteiger charge is -2.09. The van der Waals surface area contributed by atoms with Crippen LogP contribution in [-0.2, 0) is 9.59 Å². The van der Waals surface area contributed by atoms with Gasteiger partial charge in [0, 0.05) is 32.4 Å². The van der Waals surface area contributed by atoms with Crippen LogP contribution in [-0.4, -0.2) is 47.5 Å². The van der Waals surface area contributed by atoms with Crippen LogP contribution in [0.15, 0.2) is 5.38 Å². The minimum atomic E-state index is -1.12. The Morgan fingerprint density at radius 3 is 2.83 bits per heavy atom. The predicted molar refractivity (Wildman–Crippen MR) is 68.5 cm³/mol. The Labute approximate surface area is 109 Å². The van der Waals surface area contributed by atoms with E-state index >= 15 is 0 Å². The molecule has 0 aliphatic heterocycles. The molecule has 0 aliphatic carbocycles. The Morgan fingerprint density at radius 1 is 1.61 bits per heavy atom. The van der Waals surface area contributed by atoms with Gasteiger partial charge in [0.15, 0.2) is 5.13 Å². The summed E-state index contributed by atoms with van der Waals surface area (Å²) in [4.78, 5) is 27.5. The Kier molecular flexibility index (Phi) is 5.05. The summed E-state index contributed by atoms with van der Waals surface area (Å²) in [5.41, 5.74) is 5.74. The summed E-state index contributed by atoms with van der Waals surface area (Å²) in [6.07, 6.45) is 0.354. The van der Waals surface area contributed by atoms with Gasteiger partial charge in [-0.25, -0.2) is 4.98 Å². The van der Waals surface area contributed by atoms with Crippen LogP contribution in [0.25, 0.3) is 0 Å². The number of hydrogen-bond acceptors (Lipinski definition) is 6. The van der Waals surface area contributed by atoms with Gasteiger partial charge in [0.2, 0.25) is 5.91 Å². The molecule has 8 heteroatoms. The van der Waals surface area contributed by atoms with Crippen molar-refractivity contribution in [1.82, 2.24) is 9.88 Å². The molecule has 1 atom stereocenters. The molecule has 0 spiro atoms. The summed E-state index contributed by atoms with van der Waals surface area (Å²) in [5, 5.41) is 13.8. The van der Waals surface area contributed by atoms with Gasteiger partial charge in [-0.05, 0) is 0 Å². The van der Waals surface area contributed by atoms with E-state index in [-0.39, 0.29) is 5.91 Å². The first-order valence-corrected chi connectivity index (χ1v) is 6.17. The molecular weight excluding hydrogens is 256 g/mol. The quantitative estimate of drug-likeness (QED) is 0.678. The number of anilines is 1. The summed E-state index contributed by atoms with van der Waals surface area (Å²) in [6, 6.07) is -1.11. The molecule has 0 aliphatic rings. The van der Waals surface area contributed by atoms with Gasteiger partial charge < -0.3 is 21.1 Å². The van der Waals surface area contributed by atoms with Crippen molar-refractivity contribution in [2.75, 3.05) is 26.0 Å². The zero-order valence-electron chi connectivity index (χ0n) is 10.2. The van der Waals surface area contributed by atoms with E-state index in [4.69, 9.17) is 10.8 Å². The number of carbonyl (C=O) groups excluding carboxylic acids is 1. The molecule has 1 amide bonds. The monoisotopic (exact) mass is 272 g/mol. The summed E-state index contributed by atoms with van der Waals surface area (Å²) >= 11 is 1.26. The molecule has 7 nitrogen and oxygen atoms in total. The van der Waals surface area contributed by atoms with Gasteiger partial charge in [-0.3, -0.25) is 9.59 Å². The minimum absolute atomic E-state index is 0.0153. The van der Waals surface area contributed by atoms with Crippen LogP contribution in [0, 0.1) is 0 Å². The maximum Gasteiger partial charge on any atom is 0.326 e. The fraction of sp³-hybridized carbons (Fsp3) is 0.500. The van der Waals surface area contributed by atoms with E-state index in [0.29, 0.717) is 23.8 Å². The number of aromatic nitrogens is 1. The highest BCUT2D eigenvalue weighted by Crippen LogP contribution is 2.19. The fourth-order valence-corrected chi connectivity index (χ4v) is 1.91. The van der Waals surface area contributed by atoms with Gasteiger partial charge in [-0.15, -0.1) is 11.3 Å². The second-order valence-corrected chi connectivity index (χ2v) is 4.72. The molecule has 1 rings (SSSR count). The number of aliphatic carboxylic acids is 1. The fourth-order valence-electron chi connectivity index (χ4n) is 1.14. The van der Waals surface area contributed by atoms with Crippen LogP contribution in [0.2, 0.25) is 0 Å². The van der Waals surface area contributed by atoms with E-state index in [0.717, 1.165) is 0 Å². The van der Waals surface area contributed by atoms with Gasteiger partial charge in [0.25, 0.3) is 0 Å². The van der Waals surface area contributed by atoms with E-state index in [1.54, 1.807) is 19.5 Å². The van der Waals surface area contributed by atoms with Gasteiger partial charge in [0.05, 0.1) is 5.69 Å². The van der Waals surface area contributed by atoms with E-state index < -0.39 is 12.0 Å². The van der Waals surface area contributed by atoms with Crippen LogP contribution < -0.4 is 11.1 Å². The molecule has 100 valence electrons. The van der Waals surface area contributed by atoms with E-state index in [1.807, 2.05) is 0 Å². The van der Waals surface area contributed by atoms with Crippen LogP contribution in [0.4, 0.5) is 5.13 Å². The third kappa shape index (κ3) is 3.97. The summed E-state index contributed by atoms with van der Waals surface area (Å²) in [6.45, 7) is 0.451. The lowest BCUT2D eigenvalue weighted by Crippen LogP contribution is -2.24. The highest BCUT2D eigenvalue weighted by molar-refractivity contribution is 7.13. The molecule has 1 aromatic heterocycles. The Bertz CT molecular complexity index is 433. The number of carbonyl (C=O) groups is 2. The number of carboxylic acid groups (broad SMARTS) is 1. The molecule has 1 aromatic rings. The van der Waals surface area contributed by atoms with Crippen molar-refractivity contribution < 1.29 is 14.7 Å². The molecule has 0 aromatic carbocycles. The maximum atomic E-state index is 11.3. The van der Waals surface area contributed by atoms with Crippen molar-refractivity contribution in [2.24, 2.45) is 5.73 Å². The first kappa shape index (κ1) is 14.4. The Balaban J connectivity index is 2.45. The van der Waals surface area contributed by atoms with Crippen molar-refractivity contribution in [1.29, 1.82) is 0 Å². The lowest BCUT2D eigenvalue weighted by molar-refractivity contribution is -0.138. The van der Waals surface area contributed by atoms with Gasteiger partial charge in [-0.1, -0.05) is 0 Å². The molecule has 0 radical (unpaired) electrons. The lowest BCUT2D eigenvalue weighted by atomic mass is 10.2. The molecular formula is C10H16N4O3S. The number of carboxylic acids is 1. The number of hydrogen-bond donors (Lipinski definition) is 3. The van der Waals surface area contributed by atoms with Crippen LogP contribution >= 0.6 is 11.3 Å². The number of nitrogens with two attached hydrogens (primary N) is 1. The van der Waals surface area contributed by atoms with Crippen molar-refractivity contribution in [3.63, 3.8) is 0 Å². The smallest absolute Gasteiger partial charge is 0.326 e. The van der Waals surface area contributed by atoms with Gasteiger partial charge in [-0.2, -0.15) is 0 Å². The first-order chi connectivity index (χ1) is 8.41. The average Bonchev–Trinajstić information content (AvgIpc) is 2.76. The van der Waals surface area contributed by atoms with Crippen molar-refractivity contribution in [2.45, 2.75) is 12.5 Å². The Morgan fingerprint density at radius 2 is 2.28 bits per heavy atom. The SMILES string of the molecule is CN(C)C(=O)CCNc1nc(C(N)C(=O)O)cs1. The standard InChI is InChI=1S/C10H16N4O3S/c1-14(2)7(15)3-4-12-10-13-6(5-18-10)8(11)9(16)17/h5,8H,3-4,11H2,1-2H3,(H,12,13)(H,16,17). The van der Waals surface area contributed by atoms with E-state index in [1.165, 1.54) is 16.2 Å². The zero-order valence-corrected chi connectivity index (χ0v) is 11.0. The highest BCUT2D eigenvalue weighted by Gasteiger charge is 2.17. The number of nitrogens with one attached hydrogen (secondary N) is 1. The van der Waals surface area contributed by atoms with Crippen molar-refractivity contribution in [3.05, 3.63) is 11.1 Å². The summed E-state index contributed by atoms with van der Waals surface area (Å²) in [5.74, 6) is -1.10. The number of amides is 1. The topological polar surface area (TPSA) is 109 Å². The average molecular weight is 272 g/mol. The number of rotatable bonds is 6. The predicted octanol–water partition coefficient (Wildman–Crippen LogP) is 0.118. The second-order valence-electron chi connectivity index (χ2n) is 3.86. The van der Waals surface area contributed by atoms with E-state index in [9.17, 15) is 9.59 Å². The van der Waals surface area contributed by atoms with Gasteiger partial charge in [0.1, 0.15) is 6.04 Å². The first-order valence-electron chi connectivity index (χ1n) is 5.29. The molecule has 0 saturated carbocycles. The maximum absolute atomic E-state index is 11.3. The normalized spacial score (nSPS) is 11.9. The van der Waals surface area contributed by atoms with Crippen LogP contribution in [0.3, 0.4) is 0 Å². The Hall–Kier alpha value is -1.67. The molecule has 4 N–H and O–H groups in total. The largest absolute Gasteiger partial charge is 0.480 e. The zero-order chi connectivity index (χ0) is 13.7. The second kappa shape index (κ2) is 6.31.